The molecule has 0 aliphatic heterocycles. The highest BCUT2D eigenvalue weighted by Gasteiger charge is 2.25. The fraction of sp³-hybridized carbons (Fsp3) is 0.732. The molecule has 2 unspecified atom stereocenters. The summed E-state index contributed by atoms with van der Waals surface area (Å²) in [5.41, 5.74) is 0. The van der Waals surface area contributed by atoms with E-state index in [2.05, 4.69) is 62.5 Å². The lowest BCUT2D eigenvalue weighted by molar-refractivity contribution is -0.889. The molecule has 0 bridgehead atoms. The summed E-state index contributed by atoms with van der Waals surface area (Å²) < 4.78 is 17.0. The van der Waals surface area contributed by atoms with Gasteiger partial charge in [-0.2, -0.15) is 0 Å². The fourth-order valence-corrected chi connectivity index (χ4v) is 5.24. The first kappa shape index (κ1) is 46.3. The van der Waals surface area contributed by atoms with Crippen LogP contribution in [0.3, 0.4) is 0 Å². The van der Waals surface area contributed by atoms with Crippen molar-refractivity contribution in [2.45, 2.75) is 154 Å². The van der Waals surface area contributed by atoms with Gasteiger partial charge in [0.2, 0.25) is 0 Å². The smallest absolute Gasteiger partial charge is 0.306 e. The SMILES string of the molecule is CC/C=C/C/C=C/C/C=C/C/C=C/CCCCCC(=O)OCC(COCCC(C(=O)[O-])[N+](C)(C)C)OC(=O)CCCCCCCCCCC. The Labute approximate surface area is 299 Å². The summed E-state index contributed by atoms with van der Waals surface area (Å²) in [5.74, 6) is -1.78. The largest absolute Gasteiger partial charge is 0.544 e. The van der Waals surface area contributed by atoms with E-state index in [0.717, 1.165) is 70.6 Å². The number of quaternary nitrogens is 1. The van der Waals surface area contributed by atoms with Gasteiger partial charge in [-0.05, 0) is 51.4 Å². The van der Waals surface area contributed by atoms with Gasteiger partial charge >= 0.3 is 11.9 Å². The number of ether oxygens (including phenoxy) is 3. The van der Waals surface area contributed by atoms with E-state index >= 15 is 0 Å². The second-order valence-electron chi connectivity index (χ2n) is 13.8. The van der Waals surface area contributed by atoms with Crippen molar-refractivity contribution < 1.29 is 38.2 Å². The first-order valence-electron chi connectivity index (χ1n) is 19.2. The molecule has 0 heterocycles. The lowest BCUT2D eigenvalue weighted by Gasteiger charge is -2.34. The number of rotatable bonds is 33. The van der Waals surface area contributed by atoms with E-state index in [1.54, 1.807) is 21.1 Å². The summed E-state index contributed by atoms with van der Waals surface area (Å²) in [5, 5.41) is 11.6. The summed E-state index contributed by atoms with van der Waals surface area (Å²) in [6, 6.07) is -0.728. The van der Waals surface area contributed by atoms with Gasteiger partial charge in [0.1, 0.15) is 12.6 Å². The lowest BCUT2D eigenvalue weighted by Crippen LogP contribution is -2.55. The Kier molecular flexibility index (Phi) is 30.7. The van der Waals surface area contributed by atoms with Crippen LogP contribution in [0.4, 0.5) is 0 Å². The van der Waals surface area contributed by atoms with Crippen molar-refractivity contribution in [2.24, 2.45) is 0 Å². The molecule has 0 rings (SSSR count). The molecule has 0 aliphatic carbocycles. The molecule has 2 atom stereocenters. The van der Waals surface area contributed by atoms with E-state index in [4.69, 9.17) is 14.2 Å². The highest BCUT2D eigenvalue weighted by Crippen LogP contribution is 2.13. The normalized spacial score (nSPS) is 13.6. The first-order valence-corrected chi connectivity index (χ1v) is 19.2. The molecule has 0 fully saturated rings. The van der Waals surface area contributed by atoms with Gasteiger partial charge in [-0.15, -0.1) is 0 Å². The molecule has 8 nitrogen and oxygen atoms in total. The number of aliphatic carboxylic acids is 1. The molecule has 0 saturated carbocycles. The zero-order valence-corrected chi connectivity index (χ0v) is 31.8. The average molecular weight is 690 g/mol. The molecule has 0 aromatic heterocycles. The van der Waals surface area contributed by atoms with Crippen molar-refractivity contribution in [1.29, 1.82) is 0 Å². The topological polar surface area (TPSA) is 102 Å². The van der Waals surface area contributed by atoms with Crippen molar-refractivity contribution in [2.75, 3.05) is 41.0 Å². The zero-order chi connectivity index (χ0) is 36.4. The van der Waals surface area contributed by atoms with Crippen LogP contribution in [0, 0.1) is 0 Å². The maximum absolute atomic E-state index is 12.6. The van der Waals surface area contributed by atoms with Crippen LogP contribution in [-0.2, 0) is 28.6 Å². The number of carboxylic acid groups (broad SMARTS) is 1. The maximum Gasteiger partial charge on any atom is 0.306 e. The quantitative estimate of drug-likeness (QED) is 0.0295. The number of esters is 2. The Morgan fingerprint density at radius 3 is 1.69 bits per heavy atom. The molecule has 0 N–H and O–H groups in total. The van der Waals surface area contributed by atoms with Gasteiger partial charge in [0, 0.05) is 19.3 Å². The van der Waals surface area contributed by atoms with Crippen LogP contribution in [0.15, 0.2) is 48.6 Å². The summed E-state index contributed by atoms with van der Waals surface area (Å²) in [6.45, 7) is 4.47. The predicted octanol–water partition coefficient (Wildman–Crippen LogP) is 8.35. The van der Waals surface area contributed by atoms with Gasteiger partial charge in [-0.1, -0.05) is 120 Å². The van der Waals surface area contributed by atoms with Crippen molar-refractivity contribution >= 4 is 17.9 Å². The zero-order valence-electron chi connectivity index (χ0n) is 31.8. The molecule has 0 spiro atoms. The van der Waals surface area contributed by atoms with Gasteiger partial charge in [0.15, 0.2) is 6.10 Å². The second kappa shape index (κ2) is 32.5. The van der Waals surface area contributed by atoms with E-state index in [-0.39, 0.29) is 42.7 Å². The van der Waals surface area contributed by atoms with Crippen molar-refractivity contribution in [3.05, 3.63) is 48.6 Å². The molecule has 49 heavy (non-hydrogen) atoms. The standard InChI is InChI=1S/C41H71NO7/c1-6-8-10-12-14-16-17-18-19-20-21-22-24-25-27-29-31-39(43)48-36-37(35-47-34-33-38(41(45)46)42(3,4)5)49-40(44)32-30-28-26-23-15-13-11-9-7-2/h8,10,14,16,18-19,21-22,37-38H,6-7,9,11-13,15,17,20,23-36H2,1-5H3/b10-8+,16-14+,19-18+,22-21+. The van der Waals surface area contributed by atoms with Gasteiger partial charge in [-0.3, -0.25) is 9.59 Å². The minimum absolute atomic E-state index is 0.0303. The molecule has 282 valence electrons. The van der Waals surface area contributed by atoms with Crippen molar-refractivity contribution in [1.82, 2.24) is 0 Å². The van der Waals surface area contributed by atoms with Gasteiger partial charge in [-0.25, -0.2) is 0 Å². The average Bonchev–Trinajstić information content (AvgIpc) is 3.05. The van der Waals surface area contributed by atoms with Crippen molar-refractivity contribution in [3.8, 4) is 0 Å². The van der Waals surface area contributed by atoms with Crippen LogP contribution in [-0.4, -0.2) is 75.5 Å². The number of carboxylic acids is 1. The molecular formula is C41H71NO7. The molecule has 0 radical (unpaired) electrons. The highest BCUT2D eigenvalue weighted by molar-refractivity contribution is 5.70. The van der Waals surface area contributed by atoms with E-state index in [9.17, 15) is 19.5 Å². The van der Waals surface area contributed by atoms with E-state index in [1.807, 2.05) is 0 Å². The highest BCUT2D eigenvalue weighted by atomic mass is 16.6. The van der Waals surface area contributed by atoms with E-state index < -0.39 is 18.1 Å². The first-order chi connectivity index (χ1) is 23.6. The number of likely N-dealkylation sites (N-methyl/N-ethyl adjacent to an activating group) is 1. The molecule has 0 amide bonds. The summed E-state index contributed by atoms with van der Waals surface area (Å²) >= 11 is 0. The fourth-order valence-electron chi connectivity index (χ4n) is 5.24. The molecule has 0 aromatic carbocycles. The minimum atomic E-state index is -1.13. The Hall–Kier alpha value is -2.71. The minimum Gasteiger partial charge on any atom is -0.544 e. The number of carbonyl (C=O) groups is 3. The number of unbranched alkanes of at least 4 members (excludes halogenated alkanes) is 11. The Morgan fingerprint density at radius 2 is 1.14 bits per heavy atom. The molecule has 0 aromatic rings. The third-order valence-corrected chi connectivity index (χ3v) is 8.23. The molecular weight excluding hydrogens is 618 g/mol. The Balaban J connectivity index is 4.44. The van der Waals surface area contributed by atoms with Crippen molar-refractivity contribution in [3.63, 3.8) is 0 Å². The van der Waals surface area contributed by atoms with Crippen LogP contribution in [0.2, 0.25) is 0 Å². The summed E-state index contributed by atoms with van der Waals surface area (Å²) in [6.07, 6.45) is 35.7. The van der Waals surface area contributed by atoms with Crippen LogP contribution < -0.4 is 5.11 Å². The predicted molar refractivity (Wildman–Crippen MR) is 199 cm³/mol. The van der Waals surface area contributed by atoms with Crippen LogP contribution in [0.5, 0.6) is 0 Å². The summed E-state index contributed by atoms with van der Waals surface area (Å²) in [4.78, 5) is 36.6. The van der Waals surface area contributed by atoms with Gasteiger partial charge in [0.05, 0.1) is 40.3 Å². The van der Waals surface area contributed by atoms with Crippen LogP contribution >= 0.6 is 0 Å². The molecule has 0 saturated heterocycles. The van der Waals surface area contributed by atoms with Gasteiger partial charge in [0.25, 0.3) is 0 Å². The van der Waals surface area contributed by atoms with E-state index in [1.165, 1.54) is 38.5 Å². The third-order valence-electron chi connectivity index (χ3n) is 8.23. The molecule has 8 heteroatoms. The Morgan fingerprint density at radius 1 is 0.633 bits per heavy atom. The van der Waals surface area contributed by atoms with Crippen LogP contribution in [0.1, 0.15) is 142 Å². The second-order valence-corrected chi connectivity index (χ2v) is 13.8. The van der Waals surface area contributed by atoms with E-state index in [0.29, 0.717) is 12.8 Å². The number of hydrogen-bond donors (Lipinski definition) is 0. The lowest BCUT2D eigenvalue weighted by atomic mass is 10.1. The number of carbonyl (C=O) groups excluding carboxylic acids is 3. The number of allylic oxidation sites excluding steroid dienone is 8. The molecule has 0 aliphatic rings. The number of hydrogen-bond acceptors (Lipinski definition) is 7. The maximum atomic E-state index is 12.6. The number of nitrogens with zero attached hydrogens (tertiary/aromatic N) is 1. The monoisotopic (exact) mass is 690 g/mol. The Bertz CT molecular complexity index is 948. The summed E-state index contributed by atoms with van der Waals surface area (Å²) in [7, 11) is 5.38. The third kappa shape index (κ3) is 31.0. The van der Waals surface area contributed by atoms with Crippen LogP contribution in [0.25, 0.3) is 0 Å². The van der Waals surface area contributed by atoms with Gasteiger partial charge < -0.3 is 28.6 Å².